The van der Waals surface area contributed by atoms with Gasteiger partial charge in [0.2, 0.25) is 0 Å². The lowest BCUT2D eigenvalue weighted by molar-refractivity contribution is 0.0370. The third-order valence-corrected chi connectivity index (χ3v) is 3.33. The van der Waals surface area contributed by atoms with E-state index in [0.29, 0.717) is 12.2 Å². The molecule has 3 heteroatoms. The zero-order valence-electron chi connectivity index (χ0n) is 11.1. The molecule has 0 aromatic heterocycles. The molecule has 1 fully saturated rings. The summed E-state index contributed by atoms with van der Waals surface area (Å²) in [5.74, 6) is -0.352. The van der Waals surface area contributed by atoms with Gasteiger partial charge in [-0.25, -0.2) is 4.39 Å². The number of halogens is 1. The van der Waals surface area contributed by atoms with Gasteiger partial charge >= 0.3 is 0 Å². The van der Waals surface area contributed by atoms with Gasteiger partial charge in [0.1, 0.15) is 11.9 Å². The van der Waals surface area contributed by atoms with Crippen molar-refractivity contribution in [1.82, 2.24) is 0 Å². The summed E-state index contributed by atoms with van der Waals surface area (Å²) in [4.78, 5) is 12.4. The van der Waals surface area contributed by atoms with Crippen LogP contribution in [0.1, 0.15) is 41.3 Å². The summed E-state index contributed by atoms with van der Waals surface area (Å²) in [6, 6.07) is 3.25. The number of aryl methyl sites for hydroxylation is 2. The van der Waals surface area contributed by atoms with Crippen LogP contribution in [-0.2, 0) is 4.74 Å². The first-order valence-corrected chi connectivity index (χ1v) is 6.47. The minimum atomic E-state index is -0.467. The summed E-state index contributed by atoms with van der Waals surface area (Å²) in [5.41, 5.74) is 1.73. The number of benzene rings is 1. The second-order valence-electron chi connectivity index (χ2n) is 5.02. The lowest BCUT2D eigenvalue weighted by Gasteiger charge is -2.17. The molecule has 2 nitrogen and oxygen atoms in total. The molecule has 0 radical (unpaired) electrons. The summed E-state index contributed by atoms with van der Waals surface area (Å²) in [6.45, 7) is 5.95. The van der Waals surface area contributed by atoms with Crippen LogP contribution in [0.15, 0.2) is 12.1 Å². The molecule has 1 atom stereocenters. The van der Waals surface area contributed by atoms with Crippen LogP contribution in [0.25, 0.3) is 0 Å². The largest absolute Gasteiger partial charge is 0.370 e. The van der Waals surface area contributed by atoms with Gasteiger partial charge in [-0.3, -0.25) is 4.79 Å². The van der Waals surface area contributed by atoms with Gasteiger partial charge < -0.3 is 4.74 Å². The predicted molar refractivity (Wildman–Crippen MR) is 68.3 cm³/mol. The van der Waals surface area contributed by atoms with Gasteiger partial charge in [0.05, 0.1) is 5.56 Å². The molecule has 0 spiro atoms. The molecule has 1 unspecified atom stereocenters. The van der Waals surface area contributed by atoms with Gasteiger partial charge in [-0.1, -0.05) is 6.07 Å². The van der Waals surface area contributed by atoms with Gasteiger partial charge in [0, 0.05) is 6.61 Å². The van der Waals surface area contributed by atoms with Crippen molar-refractivity contribution < 1.29 is 13.9 Å². The number of carbonyl (C=O) groups excluding carboxylic acids is 1. The Morgan fingerprint density at radius 3 is 2.61 bits per heavy atom. The average molecular weight is 250 g/mol. The molecule has 18 heavy (non-hydrogen) atoms. The summed E-state index contributed by atoms with van der Waals surface area (Å²) in [6.07, 6.45) is 1.54. The summed E-state index contributed by atoms with van der Waals surface area (Å²) < 4.78 is 19.5. The Morgan fingerprint density at radius 2 is 2.11 bits per heavy atom. The highest BCUT2D eigenvalue weighted by Gasteiger charge is 2.38. The number of carbonyl (C=O) groups is 1. The smallest absolute Gasteiger partial charge is 0.195 e. The monoisotopic (exact) mass is 250 g/mol. The Hall–Kier alpha value is -1.22. The van der Waals surface area contributed by atoms with E-state index in [1.165, 1.54) is 6.07 Å². The average Bonchev–Trinajstić information content (AvgIpc) is 3.07. The fourth-order valence-electron chi connectivity index (χ4n) is 2.37. The second-order valence-corrected chi connectivity index (χ2v) is 5.02. The number of hydrogen-bond donors (Lipinski definition) is 0. The van der Waals surface area contributed by atoms with Gasteiger partial charge in [0.15, 0.2) is 5.78 Å². The van der Waals surface area contributed by atoms with Crippen LogP contribution in [0.2, 0.25) is 0 Å². The van der Waals surface area contributed by atoms with Crippen molar-refractivity contribution in [2.45, 2.75) is 39.7 Å². The Bertz CT molecular complexity index is 441. The molecule has 98 valence electrons. The molecule has 1 aromatic rings. The fourth-order valence-corrected chi connectivity index (χ4v) is 2.37. The van der Waals surface area contributed by atoms with E-state index in [1.54, 1.807) is 6.92 Å². The SMILES string of the molecule is CCOC(C(=O)c1c(C)cc(C)cc1F)C1CC1. The quantitative estimate of drug-likeness (QED) is 0.748. The topological polar surface area (TPSA) is 26.3 Å². The molecule has 0 aliphatic heterocycles. The number of rotatable bonds is 5. The Balaban J connectivity index is 2.32. The van der Waals surface area contributed by atoms with E-state index in [-0.39, 0.29) is 17.3 Å². The zero-order chi connectivity index (χ0) is 13.3. The Labute approximate surface area is 107 Å². The molecular formula is C15H19FO2. The van der Waals surface area contributed by atoms with Crippen LogP contribution >= 0.6 is 0 Å². The Morgan fingerprint density at radius 1 is 1.44 bits per heavy atom. The van der Waals surface area contributed by atoms with Crippen molar-refractivity contribution in [2.75, 3.05) is 6.61 Å². The summed E-state index contributed by atoms with van der Waals surface area (Å²) >= 11 is 0. The van der Waals surface area contributed by atoms with Gasteiger partial charge in [-0.15, -0.1) is 0 Å². The van der Waals surface area contributed by atoms with E-state index in [4.69, 9.17) is 4.74 Å². The molecule has 1 aliphatic carbocycles. The summed E-state index contributed by atoms with van der Waals surface area (Å²) in [5, 5.41) is 0. The normalized spacial score (nSPS) is 16.7. The molecular weight excluding hydrogens is 231 g/mol. The molecule has 0 N–H and O–H groups in total. The minimum Gasteiger partial charge on any atom is -0.370 e. The number of ketones is 1. The maximum atomic E-state index is 14.0. The number of Topliss-reactive ketones (excluding diaryl/α,β-unsaturated/α-hetero) is 1. The third-order valence-electron chi connectivity index (χ3n) is 3.33. The van der Waals surface area contributed by atoms with Crippen molar-refractivity contribution in [3.05, 3.63) is 34.6 Å². The number of ether oxygens (including phenoxy) is 1. The lowest BCUT2D eigenvalue weighted by atomic mass is 9.96. The molecule has 1 saturated carbocycles. The molecule has 2 rings (SSSR count). The zero-order valence-corrected chi connectivity index (χ0v) is 11.1. The van der Waals surface area contributed by atoms with Crippen LogP contribution < -0.4 is 0 Å². The van der Waals surface area contributed by atoms with Crippen molar-refractivity contribution in [2.24, 2.45) is 5.92 Å². The lowest BCUT2D eigenvalue weighted by Crippen LogP contribution is -2.28. The highest BCUT2D eigenvalue weighted by atomic mass is 19.1. The van der Waals surface area contributed by atoms with Crippen molar-refractivity contribution >= 4 is 5.78 Å². The van der Waals surface area contributed by atoms with E-state index in [2.05, 4.69) is 0 Å². The fraction of sp³-hybridized carbons (Fsp3) is 0.533. The van der Waals surface area contributed by atoms with E-state index in [0.717, 1.165) is 18.4 Å². The highest BCUT2D eigenvalue weighted by molar-refractivity contribution is 6.01. The van der Waals surface area contributed by atoms with Crippen molar-refractivity contribution in [1.29, 1.82) is 0 Å². The van der Waals surface area contributed by atoms with Crippen LogP contribution in [0.3, 0.4) is 0 Å². The molecule has 0 amide bonds. The van der Waals surface area contributed by atoms with Crippen molar-refractivity contribution in [3.8, 4) is 0 Å². The van der Waals surface area contributed by atoms with E-state index in [9.17, 15) is 9.18 Å². The maximum absolute atomic E-state index is 14.0. The van der Waals surface area contributed by atoms with E-state index in [1.807, 2.05) is 19.9 Å². The van der Waals surface area contributed by atoms with Gasteiger partial charge in [-0.05, 0) is 56.7 Å². The summed E-state index contributed by atoms with van der Waals surface area (Å²) in [7, 11) is 0. The first-order valence-electron chi connectivity index (χ1n) is 6.47. The van der Waals surface area contributed by atoms with Crippen LogP contribution in [0, 0.1) is 25.6 Å². The maximum Gasteiger partial charge on any atom is 0.195 e. The van der Waals surface area contributed by atoms with Gasteiger partial charge in [0.25, 0.3) is 0 Å². The van der Waals surface area contributed by atoms with Crippen LogP contribution in [-0.4, -0.2) is 18.5 Å². The Kier molecular flexibility index (Phi) is 3.81. The molecule has 0 bridgehead atoms. The van der Waals surface area contributed by atoms with Crippen molar-refractivity contribution in [3.63, 3.8) is 0 Å². The standard InChI is InChI=1S/C15H19FO2/c1-4-18-15(11-5-6-11)14(17)13-10(3)7-9(2)8-12(13)16/h7-8,11,15H,4-6H2,1-3H3. The molecule has 0 saturated heterocycles. The van der Waals surface area contributed by atoms with Crippen LogP contribution in [0.5, 0.6) is 0 Å². The highest BCUT2D eigenvalue weighted by Crippen LogP contribution is 2.36. The van der Waals surface area contributed by atoms with Gasteiger partial charge in [-0.2, -0.15) is 0 Å². The predicted octanol–water partition coefficient (Wildman–Crippen LogP) is 3.44. The second kappa shape index (κ2) is 5.19. The first kappa shape index (κ1) is 13.2. The van der Waals surface area contributed by atoms with Crippen LogP contribution in [0.4, 0.5) is 4.39 Å². The van der Waals surface area contributed by atoms with E-state index >= 15 is 0 Å². The van der Waals surface area contributed by atoms with E-state index < -0.39 is 11.9 Å². The molecule has 1 aromatic carbocycles. The third kappa shape index (κ3) is 2.61. The minimum absolute atomic E-state index is 0.200. The first-order chi connectivity index (χ1) is 8.54. The number of hydrogen-bond acceptors (Lipinski definition) is 2. The molecule has 1 aliphatic rings. The molecule has 0 heterocycles.